The molecule has 3 rings (SSSR count). The van der Waals surface area contributed by atoms with Crippen LogP contribution in [0, 0.1) is 11.6 Å². The summed E-state index contributed by atoms with van der Waals surface area (Å²) in [6.07, 6.45) is 4.14. The number of aromatic nitrogens is 2. The number of hydrogen-bond donors (Lipinski definition) is 2. The standard InChI is InChI=1S/C17H12F2N4O2/c18-11-1-10(2-13(20)3-11)17(24)23-14-4-12(19)5-15(6-14)25-16-7-21-9-22-8-16/h1-9H,20H2,(H,23,24). The lowest BCUT2D eigenvalue weighted by Crippen LogP contribution is -2.13. The Balaban J connectivity index is 1.81. The quantitative estimate of drug-likeness (QED) is 0.710. The number of carbonyl (C=O) groups is 1. The van der Waals surface area contributed by atoms with Gasteiger partial charge in [-0.05, 0) is 24.3 Å². The summed E-state index contributed by atoms with van der Waals surface area (Å²) in [6.45, 7) is 0. The Morgan fingerprint density at radius 1 is 0.960 bits per heavy atom. The van der Waals surface area contributed by atoms with E-state index in [-0.39, 0.29) is 22.7 Å². The van der Waals surface area contributed by atoms with Crippen LogP contribution in [0.3, 0.4) is 0 Å². The molecule has 0 atom stereocenters. The molecule has 0 aliphatic heterocycles. The zero-order valence-corrected chi connectivity index (χ0v) is 12.7. The molecule has 0 saturated heterocycles. The van der Waals surface area contributed by atoms with Crippen molar-refractivity contribution in [2.75, 3.05) is 11.1 Å². The van der Waals surface area contributed by atoms with Crippen molar-refractivity contribution in [3.8, 4) is 11.5 Å². The Bertz CT molecular complexity index is 900. The number of benzene rings is 2. The van der Waals surface area contributed by atoms with Gasteiger partial charge < -0.3 is 15.8 Å². The molecule has 3 aromatic rings. The van der Waals surface area contributed by atoms with Crippen LogP contribution in [0.4, 0.5) is 20.2 Å². The lowest BCUT2D eigenvalue weighted by atomic mass is 10.1. The molecule has 0 unspecified atom stereocenters. The number of anilines is 2. The second kappa shape index (κ2) is 6.91. The number of amides is 1. The van der Waals surface area contributed by atoms with Crippen molar-refractivity contribution in [3.05, 3.63) is 72.3 Å². The first-order valence-corrected chi connectivity index (χ1v) is 7.10. The fourth-order valence-electron chi connectivity index (χ4n) is 2.11. The van der Waals surface area contributed by atoms with Crippen molar-refractivity contribution in [2.24, 2.45) is 0 Å². The summed E-state index contributed by atoms with van der Waals surface area (Å²) in [6, 6.07) is 7.10. The number of halogens is 2. The van der Waals surface area contributed by atoms with E-state index in [1.54, 1.807) is 0 Å². The highest BCUT2D eigenvalue weighted by Gasteiger charge is 2.11. The van der Waals surface area contributed by atoms with Gasteiger partial charge in [-0.25, -0.2) is 18.7 Å². The number of ether oxygens (including phenoxy) is 1. The first-order valence-electron chi connectivity index (χ1n) is 7.10. The topological polar surface area (TPSA) is 90.1 Å². The smallest absolute Gasteiger partial charge is 0.255 e. The first kappa shape index (κ1) is 16.3. The molecule has 1 aromatic heterocycles. The molecule has 0 aliphatic carbocycles. The van der Waals surface area contributed by atoms with Crippen LogP contribution >= 0.6 is 0 Å². The van der Waals surface area contributed by atoms with Gasteiger partial charge in [-0.2, -0.15) is 0 Å². The average Bonchev–Trinajstić information content (AvgIpc) is 2.54. The molecular weight excluding hydrogens is 330 g/mol. The van der Waals surface area contributed by atoms with Gasteiger partial charge in [0.05, 0.1) is 12.4 Å². The number of nitrogens with two attached hydrogens (primary N) is 1. The van der Waals surface area contributed by atoms with Crippen LogP contribution in [0.25, 0.3) is 0 Å². The molecule has 2 aromatic carbocycles. The van der Waals surface area contributed by atoms with Crippen molar-refractivity contribution in [3.63, 3.8) is 0 Å². The first-order chi connectivity index (χ1) is 12.0. The zero-order valence-electron chi connectivity index (χ0n) is 12.7. The molecule has 0 aliphatic rings. The fraction of sp³-hybridized carbons (Fsp3) is 0. The molecule has 8 heteroatoms. The zero-order chi connectivity index (χ0) is 17.8. The maximum Gasteiger partial charge on any atom is 0.255 e. The van der Waals surface area contributed by atoms with E-state index in [1.807, 2.05) is 0 Å². The summed E-state index contributed by atoms with van der Waals surface area (Å²) in [5.74, 6) is -1.45. The van der Waals surface area contributed by atoms with Crippen molar-refractivity contribution >= 4 is 17.3 Å². The van der Waals surface area contributed by atoms with Crippen molar-refractivity contribution in [1.29, 1.82) is 0 Å². The summed E-state index contributed by atoms with van der Waals surface area (Å²) in [4.78, 5) is 19.7. The summed E-state index contributed by atoms with van der Waals surface area (Å²) < 4.78 is 32.5. The van der Waals surface area contributed by atoms with E-state index in [2.05, 4.69) is 15.3 Å². The average molecular weight is 342 g/mol. The Kier molecular flexibility index (Phi) is 4.51. The molecule has 1 heterocycles. The molecule has 6 nitrogen and oxygen atoms in total. The van der Waals surface area contributed by atoms with Gasteiger partial charge in [0.15, 0.2) is 5.75 Å². The Hall–Kier alpha value is -3.55. The van der Waals surface area contributed by atoms with Crippen LogP contribution < -0.4 is 15.8 Å². The van der Waals surface area contributed by atoms with Gasteiger partial charge in [0.1, 0.15) is 23.7 Å². The van der Waals surface area contributed by atoms with E-state index in [9.17, 15) is 13.6 Å². The number of rotatable bonds is 4. The molecule has 1 amide bonds. The maximum absolute atomic E-state index is 13.8. The molecular formula is C17H12F2N4O2. The Morgan fingerprint density at radius 2 is 1.68 bits per heavy atom. The van der Waals surface area contributed by atoms with E-state index in [4.69, 9.17) is 10.5 Å². The largest absolute Gasteiger partial charge is 0.454 e. The number of nitrogens with one attached hydrogen (secondary N) is 1. The Morgan fingerprint density at radius 3 is 2.40 bits per heavy atom. The highest BCUT2D eigenvalue weighted by Crippen LogP contribution is 2.25. The van der Waals surface area contributed by atoms with Gasteiger partial charge in [0, 0.05) is 29.1 Å². The monoisotopic (exact) mass is 342 g/mol. The Labute approximate surface area is 141 Å². The maximum atomic E-state index is 13.8. The minimum atomic E-state index is -0.641. The summed E-state index contributed by atoms with van der Waals surface area (Å²) in [5.41, 5.74) is 5.77. The molecule has 25 heavy (non-hydrogen) atoms. The van der Waals surface area contributed by atoms with Gasteiger partial charge in [-0.15, -0.1) is 0 Å². The minimum absolute atomic E-state index is 0.0145. The van der Waals surface area contributed by atoms with E-state index in [1.165, 1.54) is 30.9 Å². The van der Waals surface area contributed by atoms with Crippen LogP contribution in [0.15, 0.2) is 55.1 Å². The highest BCUT2D eigenvalue weighted by atomic mass is 19.1. The van der Waals surface area contributed by atoms with Crippen LogP contribution in [0.1, 0.15) is 10.4 Å². The van der Waals surface area contributed by atoms with Gasteiger partial charge in [-0.3, -0.25) is 4.79 Å². The van der Waals surface area contributed by atoms with Crippen molar-refractivity contribution in [2.45, 2.75) is 0 Å². The summed E-state index contributed by atoms with van der Waals surface area (Å²) in [7, 11) is 0. The molecule has 0 saturated carbocycles. The van der Waals surface area contributed by atoms with E-state index in [0.29, 0.717) is 5.75 Å². The lowest BCUT2D eigenvalue weighted by Gasteiger charge is -2.10. The minimum Gasteiger partial charge on any atom is -0.454 e. The van der Waals surface area contributed by atoms with E-state index >= 15 is 0 Å². The predicted molar refractivity (Wildman–Crippen MR) is 87.3 cm³/mol. The third-order valence-corrected chi connectivity index (χ3v) is 3.08. The number of hydrogen-bond acceptors (Lipinski definition) is 5. The van der Waals surface area contributed by atoms with Gasteiger partial charge in [-0.1, -0.05) is 0 Å². The predicted octanol–water partition coefficient (Wildman–Crippen LogP) is 3.38. The third-order valence-electron chi connectivity index (χ3n) is 3.08. The summed E-state index contributed by atoms with van der Waals surface area (Å²) >= 11 is 0. The molecule has 126 valence electrons. The van der Waals surface area contributed by atoms with Crippen LogP contribution in [-0.2, 0) is 0 Å². The fourth-order valence-corrected chi connectivity index (χ4v) is 2.11. The van der Waals surface area contributed by atoms with Gasteiger partial charge >= 0.3 is 0 Å². The number of nitrogen functional groups attached to an aromatic ring is 1. The van der Waals surface area contributed by atoms with E-state index in [0.717, 1.165) is 24.3 Å². The normalized spacial score (nSPS) is 10.3. The van der Waals surface area contributed by atoms with Crippen LogP contribution in [0.2, 0.25) is 0 Å². The third kappa shape index (κ3) is 4.25. The molecule has 0 fully saturated rings. The lowest BCUT2D eigenvalue weighted by molar-refractivity contribution is 0.102. The van der Waals surface area contributed by atoms with Crippen molar-refractivity contribution < 1.29 is 18.3 Å². The highest BCUT2D eigenvalue weighted by molar-refractivity contribution is 6.04. The summed E-state index contributed by atoms with van der Waals surface area (Å²) in [5, 5.41) is 2.47. The second-order valence-corrected chi connectivity index (χ2v) is 5.08. The van der Waals surface area contributed by atoms with Gasteiger partial charge in [0.25, 0.3) is 5.91 Å². The van der Waals surface area contributed by atoms with Crippen LogP contribution in [-0.4, -0.2) is 15.9 Å². The van der Waals surface area contributed by atoms with Crippen LogP contribution in [0.5, 0.6) is 11.5 Å². The molecule has 3 N–H and O–H groups in total. The van der Waals surface area contributed by atoms with E-state index < -0.39 is 17.5 Å². The SMILES string of the molecule is Nc1cc(F)cc(C(=O)Nc2cc(F)cc(Oc3cncnc3)c2)c1. The van der Waals surface area contributed by atoms with Crippen molar-refractivity contribution in [1.82, 2.24) is 9.97 Å². The molecule has 0 spiro atoms. The van der Waals surface area contributed by atoms with Gasteiger partial charge in [0.2, 0.25) is 0 Å². The number of carbonyl (C=O) groups excluding carboxylic acids is 1. The number of nitrogens with zero attached hydrogens (tertiary/aromatic N) is 2. The molecule has 0 radical (unpaired) electrons. The molecule has 0 bridgehead atoms. The second-order valence-electron chi connectivity index (χ2n) is 5.08.